The molecule has 0 spiro atoms. The number of thiophene rings is 1. The first-order valence-corrected chi connectivity index (χ1v) is 22.8. The van der Waals surface area contributed by atoms with E-state index in [9.17, 15) is 0 Å². The van der Waals surface area contributed by atoms with Gasteiger partial charge in [-0.3, -0.25) is 0 Å². The summed E-state index contributed by atoms with van der Waals surface area (Å²) >= 11 is 1.88. The molecule has 2 nitrogen and oxygen atoms in total. The van der Waals surface area contributed by atoms with Crippen LogP contribution < -0.4 is 4.90 Å². The Morgan fingerprint density at radius 1 is 0.397 bits per heavy atom. The van der Waals surface area contributed by atoms with Crippen LogP contribution >= 0.6 is 11.3 Å². The highest BCUT2D eigenvalue weighted by Gasteiger charge is 2.40. The van der Waals surface area contributed by atoms with Crippen molar-refractivity contribution in [3.05, 3.63) is 210 Å². The predicted molar refractivity (Wildman–Crippen MR) is 267 cm³/mol. The molecule has 0 fully saturated rings. The molecule has 2 aromatic heterocycles. The highest BCUT2D eigenvalue weighted by atomic mass is 32.1. The van der Waals surface area contributed by atoms with Crippen LogP contribution in [0.1, 0.15) is 49.9 Å². The first-order chi connectivity index (χ1) is 30.8. The maximum absolute atomic E-state index is 6.66. The minimum absolute atomic E-state index is 0.134. The van der Waals surface area contributed by atoms with Gasteiger partial charge in [0.2, 0.25) is 0 Å². The monoisotopic (exact) mass is 825 g/mol. The van der Waals surface area contributed by atoms with E-state index >= 15 is 0 Å². The highest BCUT2D eigenvalue weighted by Crippen LogP contribution is 2.57. The van der Waals surface area contributed by atoms with E-state index in [1.165, 1.54) is 92.3 Å². The number of hydrogen-bond acceptors (Lipinski definition) is 3. The molecule has 0 saturated carbocycles. The molecule has 3 heteroatoms. The second-order valence-corrected chi connectivity index (χ2v) is 19.5. The van der Waals surface area contributed by atoms with Gasteiger partial charge in [0.25, 0.3) is 0 Å². The molecule has 300 valence electrons. The van der Waals surface area contributed by atoms with Crippen molar-refractivity contribution in [1.29, 1.82) is 0 Å². The summed E-state index contributed by atoms with van der Waals surface area (Å²) in [6.45, 7) is 9.48. The summed E-state index contributed by atoms with van der Waals surface area (Å²) in [6.07, 6.45) is 0. The van der Waals surface area contributed by atoms with Gasteiger partial charge < -0.3 is 9.32 Å². The Bertz CT molecular complexity index is 3680. The third-order valence-corrected chi connectivity index (χ3v) is 15.5. The zero-order valence-electron chi connectivity index (χ0n) is 35.7. The lowest BCUT2D eigenvalue weighted by Gasteiger charge is -2.29. The lowest BCUT2D eigenvalue weighted by molar-refractivity contribution is 0.647. The van der Waals surface area contributed by atoms with Gasteiger partial charge in [-0.15, -0.1) is 11.3 Å². The van der Waals surface area contributed by atoms with E-state index in [4.69, 9.17) is 4.42 Å². The topological polar surface area (TPSA) is 16.4 Å². The SMILES string of the molecule is CC1(C)c2ccccc2-c2ccc(N(c3ccc(-c4cccc5c4sc4ccccc45)cc3)c3ccc4c(c3)-c3c(cc5oc6ccccc6c5c3-c3ccccc3)C4(C)C)cc21. The summed E-state index contributed by atoms with van der Waals surface area (Å²) in [5, 5.41) is 4.96. The van der Waals surface area contributed by atoms with Gasteiger partial charge in [0.05, 0.1) is 0 Å². The van der Waals surface area contributed by atoms with Gasteiger partial charge in [-0.1, -0.05) is 161 Å². The lowest BCUT2D eigenvalue weighted by atomic mass is 9.81. The molecule has 0 atom stereocenters. The predicted octanol–water partition coefficient (Wildman–Crippen LogP) is 17.4. The lowest BCUT2D eigenvalue weighted by Crippen LogP contribution is -2.17. The van der Waals surface area contributed by atoms with Crippen LogP contribution in [0.4, 0.5) is 17.1 Å². The van der Waals surface area contributed by atoms with Gasteiger partial charge in [-0.25, -0.2) is 0 Å². The van der Waals surface area contributed by atoms with Gasteiger partial charge in [0.15, 0.2) is 0 Å². The number of hydrogen-bond donors (Lipinski definition) is 0. The Hall–Kier alpha value is -7.20. The summed E-state index contributed by atoms with van der Waals surface area (Å²) in [5.74, 6) is 0. The van der Waals surface area contributed by atoms with Gasteiger partial charge in [0.1, 0.15) is 11.2 Å². The van der Waals surface area contributed by atoms with E-state index in [1.807, 2.05) is 11.3 Å². The van der Waals surface area contributed by atoms with Crippen molar-refractivity contribution in [3.8, 4) is 44.5 Å². The standard InChI is InChI=1S/C60H43NOS/c1-59(2)48-22-11-8-17-42(48)43-31-29-40(34-50(43)59)61(38-27-25-36(26-28-38)41-20-14-21-45-44-18-10-13-24-54(44)63-58(41)45)39-30-32-49-47(33-39)56-51(60(49,3)4)35-53-57(46-19-9-12-23-52(46)62-53)55(56)37-15-6-5-7-16-37/h5-35H,1-4H3. The summed E-state index contributed by atoms with van der Waals surface area (Å²) in [5.41, 5.74) is 20.3. The molecule has 2 aliphatic rings. The van der Waals surface area contributed by atoms with Crippen LogP contribution in [0.2, 0.25) is 0 Å². The van der Waals surface area contributed by atoms with Crippen LogP contribution in [0, 0.1) is 0 Å². The van der Waals surface area contributed by atoms with Crippen LogP contribution in [-0.2, 0) is 10.8 Å². The highest BCUT2D eigenvalue weighted by molar-refractivity contribution is 7.26. The van der Waals surface area contributed by atoms with E-state index in [1.54, 1.807) is 0 Å². The van der Waals surface area contributed by atoms with Crippen LogP contribution in [0.3, 0.4) is 0 Å². The molecular weight excluding hydrogens is 783 g/mol. The maximum atomic E-state index is 6.66. The normalized spacial score (nSPS) is 14.3. The maximum Gasteiger partial charge on any atom is 0.136 e. The van der Waals surface area contributed by atoms with Crippen LogP contribution in [0.5, 0.6) is 0 Å². The van der Waals surface area contributed by atoms with Crippen molar-refractivity contribution in [2.75, 3.05) is 4.90 Å². The number of nitrogens with zero attached hydrogens (tertiary/aromatic N) is 1. The average molecular weight is 826 g/mol. The van der Waals surface area contributed by atoms with Gasteiger partial charge >= 0.3 is 0 Å². The van der Waals surface area contributed by atoms with Crippen molar-refractivity contribution in [1.82, 2.24) is 0 Å². The molecule has 0 radical (unpaired) electrons. The smallest absolute Gasteiger partial charge is 0.136 e. The van der Waals surface area contributed by atoms with Crippen LogP contribution in [-0.4, -0.2) is 0 Å². The minimum atomic E-state index is -0.247. The van der Waals surface area contributed by atoms with Gasteiger partial charge in [-0.2, -0.15) is 0 Å². The fraction of sp³-hybridized carbons (Fsp3) is 0.100. The van der Waals surface area contributed by atoms with Crippen molar-refractivity contribution in [2.24, 2.45) is 0 Å². The Morgan fingerprint density at radius 3 is 1.89 bits per heavy atom. The molecular formula is C60H43NOS. The van der Waals surface area contributed by atoms with E-state index in [0.717, 1.165) is 33.6 Å². The molecule has 0 unspecified atom stereocenters. The molecule has 13 rings (SSSR count). The zero-order valence-corrected chi connectivity index (χ0v) is 36.5. The number of fused-ring (bicyclic) bond motifs is 12. The molecule has 2 heterocycles. The van der Waals surface area contributed by atoms with E-state index in [0.29, 0.717) is 0 Å². The number of para-hydroxylation sites is 1. The van der Waals surface area contributed by atoms with Gasteiger partial charge in [-0.05, 0) is 116 Å². The van der Waals surface area contributed by atoms with E-state index in [2.05, 4.69) is 221 Å². The fourth-order valence-electron chi connectivity index (χ4n) is 11.2. The summed E-state index contributed by atoms with van der Waals surface area (Å²) < 4.78 is 9.31. The number of rotatable bonds is 5. The molecule has 2 aliphatic carbocycles. The van der Waals surface area contributed by atoms with Crippen molar-refractivity contribution < 1.29 is 4.42 Å². The Labute approximate surface area is 371 Å². The van der Waals surface area contributed by atoms with Gasteiger partial charge in [0, 0.05) is 64.4 Å². The minimum Gasteiger partial charge on any atom is -0.456 e. The molecule has 0 N–H and O–H groups in total. The molecule has 0 saturated heterocycles. The summed E-state index contributed by atoms with van der Waals surface area (Å²) in [7, 11) is 0. The second-order valence-electron chi connectivity index (χ2n) is 18.4. The number of anilines is 3. The molecule has 63 heavy (non-hydrogen) atoms. The summed E-state index contributed by atoms with van der Waals surface area (Å²) in [6, 6.07) is 69.7. The Balaban J connectivity index is 1.03. The van der Waals surface area contributed by atoms with E-state index < -0.39 is 0 Å². The molecule has 0 aliphatic heterocycles. The zero-order chi connectivity index (χ0) is 42.2. The molecule has 9 aromatic carbocycles. The fourth-order valence-corrected chi connectivity index (χ4v) is 12.4. The van der Waals surface area contributed by atoms with Crippen LogP contribution in [0.15, 0.2) is 192 Å². The van der Waals surface area contributed by atoms with E-state index in [-0.39, 0.29) is 10.8 Å². The molecule has 0 bridgehead atoms. The number of furan rings is 1. The number of benzene rings is 9. The third-order valence-electron chi connectivity index (χ3n) is 14.3. The second kappa shape index (κ2) is 13.2. The van der Waals surface area contributed by atoms with Crippen LogP contribution in [0.25, 0.3) is 86.6 Å². The first kappa shape index (κ1) is 36.5. The van der Waals surface area contributed by atoms with Crippen molar-refractivity contribution >= 4 is 70.5 Å². The quantitative estimate of drug-likeness (QED) is 0.172. The van der Waals surface area contributed by atoms with Crippen molar-refractivity contribution in [3.63, 3.8) is 0 Å². The largest absolute Gasteiger partial charge is 0.456 e. The molecule has 0 amide bonds. The Morgan fingerprint density at radius 2 is 1.03 bits per heavy atom. The summed E-state index contributed by atoms with van der Waals surface area (Å²) in [4.78, 5) is 2.47. The average Bonchev–Trinajstić information content (AvgIpc) is 4.01. The molecule has 11 aromatic rings. The first-order valence-electron chi connectivity index (χ1n) is 22.0. The Kier molecular flexibility index (Phi) is 7.61. The third kappa shape index (κ3) is 5.18. The van der Waals surface area contributed by atoms with Crippen molar-refractivity contribution in [2.45, 2.75) is 38.5 Å².